The molecule has 0 unspecified atom stereocenters. The lowest BCUT2D eigenvalue weighted by atomic mass is 9.84. The number of benzene rings is 3. The van der Waals surface area contributed by atoms with Crippen molar-refractivity contribution in [1.29, 1.82) is 0 Å². The van der Waals surface area contributed by atoms with Gasteiger partial charge in [-0.3, -0.25) is 19.8 Å². The summed E-state index contributed by atoms with van der Waals surface area (Å²) in [6.45, 7) is 0.343. The number of urea groups is 1. The van der Waals surface area contributed by atoms with Gasteiger partial charge in [0.1, 0.15) is 0 Å². The van der Waals surface area contributed by atoms with Crippen LogP contribution in [0.5, 0.6) is 0 Å². The highest BCUT2D eigenvalue weighted by Gasteiger charge is 2.21. The van der Waals surface area contributed by atoms with E-state index in [0.717, 1.165) is 25.9 Å². The molecule has 0 bridgehead atoms. The van der Waals surface area contributed by atoms with Gasteiger partial charge in [0.25, 0.3) is 5.91 Å². The van der Waals surface area contributed by atoms with E-state index < -0.39 is 5.97 Å². The van der Waals surface area contributed by atoms with Crippen LogP contribution in [0.1, 0.15) is 65.9 Å². The lowest BCUT2D eigenvalue weighted by Gasteiger charge is -2.25. The number of carbonyl (C=O) groups is 3. The molecule has 1 saturated carbocycles. The van der Waals surface area contributed by atoms with E-state index in [1.165, 1.54) is 49.0 Å². The number of thiazole rings is 1. The highest BCUT2D eigenvalue weighted by atomic mass is 79.9. The minimum atomic E-state index is -0.968. The molecule has 41 heavy (non-hydrogen) atoms. The molecule has 0 aliphatic heterocycles. The highest BCUT2D eigenvalue weighted by molar-refractivity contribution is 9.10. The van der Waals surface area contributed by atoms with Crippen molar-refractivity contribution in [3.63, 3.8) is 0 Å². The van der Waals surface area contributed by atoms with Crippen molar-refractivity contribution < 1.29 is 19.5 Å². The van der Waals surface area contributed by atoms with Crippen molar-refractivity contribution in [2.45, 2.75) is 51.0 Å². The number of hydrogen-bond acceptors (Lipinski definition) is 5. The van der Waals surface area contributed by atoms with Crippen LogP contribution in [-0.4, -0.2) is 34.5 Å². The van der Waals surface area contributed by atoms with Crippen molar-refractivity contribution >= 4 is 66.2 Å². The Morgan fingerprint density at radius 3 is 2.41 bits per heavy atom. The predicted octanol–water partition coefficient (Wildman–Crippen LogP) is 7.55. The molecule has 1 aliphatic rings. The van der Waals surface area contributed by atoms with Crippen LogP contribution in [0.2, 0.25) is 0 Å². The zero-order valence-corrected chi connectivity index (χ0v) is 24.8. The number of carbonyl (C=O) groups excluding carboxylic acids is 2. The van der Waals surface area contributed by atoms with Gasteiger partial charge in [-0.1, -0.05) is 70.8 Å². The van der Waals surface area contributed by atoms with Crippen molar-refractivity contribution in [2.24, 2.45) is 0 Å². The summed E-state index contributed by atoms with van der Waals surface area (Å²) in [5, 5.41) is 14.9. The van der Waals surface area contributed by atoms with E-state index >= 15 is 0 Å². The van der Waals surface area contributed by atoms with Crippen LogP contribution >= 0.6 is 27.3 Å². The summed E-state index contributed by atoms with van der Waals surface area (Å²) < 4.78 is 1.90. The van der Waals surface area contributed by atoms with Crippen LogP contribution < -0.4 is 15.5 Å². The average molecular weight is 636 g/mol. The molecule has 3 aromatic carbocycles. The van der Waals surface area contributed by atoms with E-state index in [9.17, 15) is 14.4 Å². The van der Waals surface area contributed by atoms with E-state index in [-0.39, 0.29) is 31.4 Å². The maximum Gasteiger partial charge on any atom is 0.328 e. The first-order chi connectivity index (χ1) is 19.9. The summed E-state index contributed by atoms with van der Waals surface area (Å²) in [6.07, 6.45) is 6.08. The van der Waals surface area contributed by atoms with E-state index in [1.54, 1.807) is 29.2 Å². The third-order valence-corrected chi connectivity index (χ3v) is 8.72. The number of anilines is 2. The number of fused-ring (bicyclic) bond motifs is 1. The Hall–Kier alpha value is -3.76. The zero-order chi connectivity index (χ0) is 28.8. The quantitative estimate of drug-likeness (QED) is 0.176. The van der Waals surface area contributed by atoms with Gasteiger partial charge in [0.05, 0.1) is 23.2 Å². The van der Waals surface area contributed by atoms with E-state index in [0.29, 0.717) is 16.6 Å². The number of rotatable bonds is 9. The predicted molar refractivity (Wildman–Crippen MR) is 166 cm³/mol. The van der Waals surface area contributed by atoms with Crippen LogP contribution in [0.4, 0.5) is 15.6 Å². The van der Waals surface area contributed by atoms with Crippen LogP contribution in [0.3, 0.4) is 0 Å². The van der Waals surface area contributed by atoms with Gasteiger partial charge >= 0.3 is 12.0 Å². The molecule has 212 valence electrons. The summed E-state index contributed by atoms with van der Waals surface area (Å²) in [4.78, 5) is 43.0. The third-order valence-electron chi connectivity index (χ3n) is 7.27. The molecule has 0 spiro atoms. The average Bonchev–Trinajstić information content (AvgIpc) is 3.37. The van der Waals surface area contributed by atoms with E-state index in [1.807, 2.05) is 30.3 Å². The van der Waals surface area contributed by atoms with E-state index in [2.05, 4.69) is 43.7 Å². The molecule has 0 atom stereocenters. The number of nitrogens with zero attached hydrogens (tertiary/aromatic N) is 2. The number of aromatic nitrogens is 1. The number of carboxylic acids is 1. The van der Waals surface area contributed by atoms with Crippen molar-refractivity contribution in [3.8, 4) is 0 Å². The Morgan fingerprint density at radius 1 is 0.976 bits per heavy atom. The molecule has 1 aliphatic carbocycles. The molecule has 5 rings (SSSR count). The SMILES string of the molecule is O=C(O)CCNC(=O)c1ccc(CN(C(=O)Nc2nc3cc(Br)ccc3s2)c2ccc(C3CCCCC3)cc2)cc1. The van der Waals surface area contributed by atoms with Gasteiger partial charge in [-0.05, 0) is 72.4 Å². The second-order valence-corrected chi connectivity index (χ2v) is 12.1. The van der Waals surface area contributed by atoms with Gasteiger partial charge in [0, 0.05) is 22.3 Å². The Balaban J connectivity index is 1.35. The van der Waals surface area contributed by atoms with Gasteiger partial charge in [-0.25, -0.2) is 9.78 Å². The normalized spacial score (nSPS) is 13.6. The van der Waals surface area contributed by atoms with Gasteiger partial charge in [-0.15, -0.1) is 0 Å². The Kier molecular flexibility index (Phi) is 9.31. The van der Waals surface area contributed by atoms with Gasteiger partial charge in [0.2, 0.25) is 0 Å². The molecule has 4 aromatic rings. The smallest absolute Gasteiger partial charge is 0.328 e. The summed E-state index contributed by atoms with van der Waals surface area (Å²) >= 11 is 4.89. The summed E-state index contributed by atoms with van der Waals surface area (Å²) in [7, 11) is 0. The molecule has 10 heteroatoms. The fourth-order valence-corrected chi connectivity index (χ4v) is 6.27. The molecule has 1 fully saturated rings. The number of carboxylic acid groups (broad SMARTS) is 1. The summed E-state index contributed by atoms with van der Waals surface area (Å²) in [5.41, 5.74) is 4.14. The van der Waals surface area contributed by atoms with Gasteiger partial charge < -0.3 is 10.4 Å². The fourth-order valence-electron chi connectivity index (χ4n) is 5.08. The van der Waals surface area contributed by atoms with Crippen LogP contribution in [0, 0.1) is 0 Å². The Bertz CT molecular complexity index is 1530. The number of hydrogen-bond donors (Lipinski definition) is 3. The molecular weight excluding hydrogens is 604 g/mol. The second-order valence-electron chi connectivity index (χ2n) is 10.2. The van der Waals surface area contributed by atoms with Crippen molar-refractivity contribution in [1.82, 2.24) is 10.3 Å². The Labute approximate surface area is 250 Å². The molecule has 3 N–H and O–H groups in total. The van der Waals surface area contributed by atoms with Crippen LogP contribution in [0.25, 0.3) is 10.2 Å². The molecule has 0 saturated heterocycles. The molecule has 8 nitrogen and oxygen atoms in total. The minimum Gasteiger partial charge on any atom is -0.481 e. The van der Waals surface area contributed by atoms with Crippen molar-refractivity contribution in [2.75, 3.05) is 16.8 Å². The second kappa shape index (κ2) is 13.3. The third kappa shape index (κ3) is 7.51. The first-order valence-corrected chi connectivity index (χ1v) is 15.3. The number of amides is 3. The van der Waals surface area contributed by atoms with Crippen molar-refractivity contribution in [3.05, 3.63) is 87.9 Å². The standard InChI is InChI=1S/C31H31BrN4O4S/c32-24-12-15-27-26(18-24)34-30(41-27)35-31(40)36(25-13-10-22(11-14-25)21-4-2-1-3-5-21)19-20-6-8-23(9-7-20)29(39)33-17-16-28(37)38/h6-15,18,21H,1-5,16-17,19H2,(H,33,39)(H,37,38)(H,34,35,40). The molecule has 1 heterocycles. The maximum atomic E-state index is 13.7. The molecule has 3 amide bonds. The summed E-state index contributed by atoms with van der Waals surface area (Å²) in [6, 6.07) is 20.8. The molecule has 1 aromatic heterocycles. The molecular formula is C31H31BrN4O4S. The minimum absolute atomic E-state index is 0.0590. The molecule has 0 radical (unpaired) electrons. The number of halogens is 1. The Morgan fingerprint density at radius 2 is 1.71 bits per heavy atom. The van der Waals surface area contributed by atoms with Crippen LogP contribution in [0.15, 0.2) is 71.2 Å². The topological polar surface area (TPSA) is 112 Å². The van der Waals surface area contributed by atoms with Gasteiger partial charge in [-0.2, -0.15) is 0 Å². The zero-order valence-electron chi connectivity index (χ0n) is 22.4. The highest BCUT2D eigenvalue weighted by Crippen LogP contribution is 2.34. The lowest BCUT2D eigenvalue weighted by Crippen LogP contribution is -2.34. The van der Waals surface area contributed by atoms with Gasteiger partial charge in [0.15, 0.2) is 5.13 Å². The summed E-state index contributed by atoms with van der Waals surface area (Å²) in [5.74, 6) is -0.742. The van der Waals surface area contributed by atoms with E-state index in [4.69, 9.17) is 5.11 Å². The monoisotopic (exact) mass is 634 g/mol. The first-order valence-electron chi connectivity index (χ1n) is 13.7. The van der Waals surface area contributed by atoms with Crippen LogP contribution in [-0.2, 0) is 11.3 Å². The number of aliphatic carboxylic acids is 1. The maximum absolute atomic E-state index is 13.7. The number of nitrogens with one attached hydrogen (secondary N) is 2. The fraction of sp³-hybridized carbons (Fsp3) is 0.290. The largest absolute Gasteiger partial charge is 0.481 e. The first kappa shape index (κ1) is 28.8. The lowest BCUT2D eigenvalue weighted by molar-refractivity contribution is -0.136.